The molecule has 2 aromatic carbocycles. The van der Waals surface area contributed by atoms with Crippen LogP contribution in [0.15, 0.2) is 66.0 Å². The fraction of sp³-hybridized carbons (Fsp3) is 0.292. The van der Waals surface area contributed by atoms with Gasteiger partial charge in [0.15, 0.2) is 0 Å². The first-order valence-corrected chi connectivity index (χ1v) is 11.7. The number of para-hydroxylation sites is 1. The smallest absolute Gasteiger partial charge is 0.230 e. The van der Waals surface area contributed by atoms with E-state index in [-0.39, 0.29) is 17.5 Å². The van der Waals surface area contributed by atoms with Gasteiger partial charge in [-0.05, 0) is 29.8 Å². The molecule has 9 heteroatoms. The lowest BCUT2D eigenvalue weighted by Gasteiger charge is -2.36. The molecule has 1 aliphatic rings. The lowest BCUT2D eigenvalue weighted by molar-refractivity contribution is -0.118. The number of thioether (sulfide) groups is 1. The number of amides is 1. The number of ether oxygens (including phenoxy) is 1. The number of carbonyl (C=O) groups is 1. The molecule has 0 atom stereocenters. The maximum atomic E-state index is 14.1. The van der Waals surface area contributed by atoms with E-state index >= 15 is 0 Å². The summed E-state index contributed by atoms with van der Waals surface area (Å²) in [5.74, 6) is 1.58. The Kier molecular flexibility index (Phi) is 7.62. The van der Waals surface area contributed by atoms with Crippen molar-refractivity contribution in [3.8, 4) is 5.75 Å². The van der Waals surface area contributed by atoms with Gasteiger partial charge in [-0.1, -0.05) is 36.0 Å². The molecule has 7 nitrogen and oxygen atoms in total. The zero-order chi connectivity index (χ0) is 23.0. The largest absolute Gasteiger partial charge is 0.497 e. The van der Waals surface area contributed by atoms with Crippen LogP contribution in [0.4, 0.5) is 15.9 Å². The maximum Gasteiger partial charge on any atom is 0.230 e. The molecule has 33 heavy (non-hydrogen) atoms. The second kappa shape index (κ2) is 11.0. The van der Waals surface area contributed by atoms with E-state index < -0.39 is 0 Å². The fourth-order valence-electron chi connectivity index (χ4n) is 3.64. The van der Waals surface area contributed by atoms with Crippen LogP contribution in [0.2, 0.25) is 0 Å². The predicted molar refractivity (Wildman–Crippen MR) is 128 cm³/mol. The number of piperazine rings is 1. The summed E-state index contributed by atoms with van der Waals surface area (Å²) in [5, 5.41) is 3.66. The topological polar surface area (TPSA) is 70.6 Å². The van der Waals surface area contributed by atoms with E-state index in [0.29, 0.717) is 25.3 Å². The summed E-state index contributed by atoms with van der Waals surface area (Å²) >= 11 is 1.37. The third kappa shape index (κ3) is 6.13. The average Bonchev–Trinajstić information content (AvgIpc) is 2.87. The molecule has 1 aromatic heterocycles. The molecule has 0 spiro atoms. The van der Waals surface area contributed by atoms with Crippen LogP contribution in [0.5, 0.6) is 5.75 Å². The van der Waals surface area contributed by atoms with Crippen LogP contribution in [0.3, 0.4) is 0 Å². The Labute approximate surface area is 197 Å². The molecular weight excluding hydrogens is 441 g/mol. The van der Waals surface area contributed by atoms with Crippen LogP contribution in [0.1, 0.15) is 5.56 Å². The third-order valence-corrected chi connectivity index (χ3v) is 6.32. The van der Waals surface area contributed by atoms with Crippen LogP contribution >= 0.6 is 11.8 Å². The minimum atomic E-state index is -0.198. The van der Waals surface area contributed by atoms with Crippen LogP contribution in [-0.2, 0) is 11.3 Å². The zero-order valence-electron chi connectivity index (χ0n) is 18.4. The predicted octanol–water partition coefficient (Wildman–Crippen LogP) is 3.36. The SMILES string of the molecule is COc1cccc(CNC(=O)CSc2cc(N3CCN(c4ccccc4F)CC3)ncn2)c1. The lowest BCUT2D eigenvalue weighted by Crippen LogP contribution is -2.47. The molecule has 1 amide bonds. The Morgan fingerprint density at radius 3 is 2.64 bits per heavy atom. The number of halogens is 1. The highest BCUT2D eigenvalue weighted by molar-refractivity contribution is 7.99. The molecule has 4 rings (SSSR count). The minimum Gasteiger partial charge on any atom is -0.497 e. The molecule has 1 fully saturated rings. The van der Waals surface area contributed by atoms with Crippen molar-refractivity contribution < 1.29 is 13.9 Å². The van der Waals surface area contributed by atoms with Gasteiger partial charge in [-0.25, -0.2) is 14.4 Å². The molecule has 0 saturated carbocycles. The second-order valence-corrected chi connectivity index (χ2v) is 8.55. The average molecular weight is 468 g/mol. The van der Waals surface area contributed by atoms with E-state index in [4.69, 9.17) is 4.74 Å². The van der Waals surface area contributed by atoms with E-state index in [1.807, 2.05) is 42.5 Å². The quantitative estimate of drug-likeness (QED) is 0.402. The van der Waals surface area contributed by atoms with Crippen molar-refractivity contribution in [2.24, 2.45) is 0 Å². The van der Waals surface area contributed by atoms with E-state index in [0.717, 1.165) is 35.2 Å². The molecule has 0 aliphatic carbocycles. The molecule has 0 bridgehead atoms. The molecule has 0 radical (unpaired) electrons. The number of aromatic nitrogens is 2. The van der Waals surface area contributed by atoms with Gasteiger partial charge in [0.2, 0.25) is 5.91 Å². The number of hydrogen-bond acceptors (Lipinski definition) is 7. The number of benzene rings is 2. The maximum absolute atomic E-state index is 14.1. The summed E-state index contributed by atoms with van der Waals surface area (Å²) in [6.07, 6.45) is 1.52. The molecule has 0 unspecified atom stereocenters. The van der Waals surface area contributed by atoms with Gasteiger partial charge < -0.3 is 19.9 Å². The van der Waals surface area contributed by atoms with Crippen molar-refractivity contribution in [2.75, 3.05) is 48.8 Å². The summed E-state index contributed by atoms with van der Waals surface area (Å²) in [6.45, 7) is 3.32. The summed E-state index contributed by atoms with van der Waals surface area (Å²) < 4.78 is 19.3. The molecule has 3 aromatic rings. The van der Waals surface area contributed by atoms with Gasteiger partial charge in [0.25, 0.3) is 0 Å². The van der Waals surface area contributed by atoms with E-state index in [2.05, 4.69) is 25.1 Å². The molecular formula is C24H26FN5O2S. The Morgan fingerprint density at radius 2 is 1.85 bits per heavy atom. The summed E-state index contributed by atoms with van der Waals surface area (Å²) in [7, 11) is 1.62. The Balaban J connectivity index is 1.26. The van der Waals surface area contributed by atoms with Gasteiger partial charge >= 0.3 is 0 Å². The van der Waals surface area contributed by atoms with E-state index in [9.17, 15) is 9.18 Å². The number of hydrogen-bond donors (Lipinski definition) is 1. The van der Waals surface area contributed by atoms with Crippen LogP contribution in [-0.4, -0.2) is 54.9 Å². The fourth-order valence-corrected chi connectivity index (χ4v) is 4.33. The highest BCUT2D eigenvalue weighted by atomic mass is 32.2. The van der Waals surface area contributed by atoms with Crippen molar-refractivity contribution in [3.05, 3.63) is 72.3 Å². The monoisotopic (exact) mass is 467 g/mol. The standard InChI is InChI=1S/C24H26FN5O2S/c1-32-19-6-4-5-18(13-19)15-26-23(31)16-33-24-14-22(27-17-28-24)30-11-9-29(10-12-30)21-8-3-2-7-20(21)25/h2-8,13-14,17H,9-12,15-16H2,1H3,(H,26,31). The highest BCUT2D eigenvalue weighted by Gasteiger charge is 2.20. The summed E-state index contributed by atoms with van der Waals surface area (Å²) in [5.41, 5.74) is 1.61. The molecule has 1 N–H and O–H groups in total. The Hall–Kier alpha value is -3.33. The molecule has 1 saturated heterocycles. The summed E-state index contributed by atoms with van der Waals surface area (Å²) in [4.78, 5) is 25.2. The van der Waals surface area contributed by atoms with E-state index in [1.165, 1.54) is 24.2 Å². The van der Waals surface area contributed by atoms with Gasteiger partial charge in [-0.15, -0.1) is 0 Å². The number of rotatable bonds is 8. The van der Waals surface area contributed by atoms with Crippen molar-refractivity contribution in [2.45, 2.75) is 11.6 Å². The lowest BCUT2D eigenvalue weighted by atomic mass is 10.2. The minimum absolute atomic E-state index is 0.0681. The zero-order valence-corrected chi connectivity index (χ0v) is 19.2. The van der Waals surface area contributed by atoms with Crippen molar-refractivity contribution in [3.63, 3.8) is 0 Å². The van der Waals surface area contributed by atoms with Gasteiger partial charge in [-0.3, -0.25) is 4.79 Å². The van der Waals surface area contributed by atoms with Crippen molar-refractivity contribution in [1.82, 2.24) is 15.3 Å². The third-order valence-electron chi connectivity index (χ3n) is 5.40. The number of nitrogens with one attached hydrogen (secondary N) is 1. The second-order valence-electron chi connectivity index (χ2n) is 7.56. The van der Waals surface area contributed by atoms with Gasteiger partial charge in [0.05, 0.1) is 18.6 Å². The number of anilines is 2. The van der Waals surface area contributed by atoms with Gasteiger partial charge in [-0.2, -0.15) is 0 Å². The normalized spacial score (nSPS) is 13.6. The van der Waals surface area contributed by atoms with E-state index in [1.54, 1.807) is 13.2 Å². The first-order valence-electron chi connectivity index (χ1n) is 10.7. The number of carbonyl (C=O) groups excluding carboxylic acids is 1. The van der Waals surface area contributed by atoms with Crippen LogP contribution in [0.25, 0.3) is 0 Å². The first kappa shape index (κ1) is 22.8. The van der Waals surface area contributed by atoms with Crippen molar-refractivity contribution >= 4 is 29.2 Å². The highest BCUT2D eigenvalue weighted by Crippen LogP contribution is 2.24. The first-order chi connectivity index (χ1) is 16.1. The van der Waals surface area contributed by atoms with Crippen molar-refractivity contribution in [1.29, 1.82) is 0 Å². The van der Waals surface area contributed by atoms with Crippen LogP contribution in [0, 0.1) is 5.82 Å². The number of methoxy groups -OCH3 is 1. The van der Waals surface area contributed by atoms with Gasteiger partial charge in [0.1, 0.15) is 28.7 Å². The molecule has 2 heterocycles. The number of nitrogens with zero attached hydrogens (tertiary/aromatic N) is 4. The molecule has 172 valence electrons. The summed E-state index contributed by atoms with van der Waals surface area (Å²) in [6, 6.07) is 16.4. The molecule has 1 aliphatic heterocycles. The van der Waals surface area contributed by atoms with Gasteiger partial charge in [0, 0.05) is 38.8 Å². The Morgan fingerprint density at radius 1 is 1.06 bits per heavy atom. The van der Waals surface area contributed by atoms with Crippen LogP contribution < -0.4 is 19.9 Å². The Bertz CT molecular complexity index is 1090.